The molecule has 1 N–H and O–H groups in total. The van der Waals surface area contributed by atoms with E-state index in [0.717, 1.165) is 21.7 Å². The first-order valence-electron chi connectivity index (χ1n) is 12.8. The summed E-state index contributed by atoms with van der Waals surface area (Å²) in [4.78, 5) is 24.9. The van der Waals surface area contributed by atoms with E-state index in [1.165, 1.54) is 29.8 Å². The number of benzene rings is 1. The third-order valence-corrected chi connectivity index (χ3v) is 9.52. The van der Waals surface area contributed by atoms with Crippen LogP contribution in [0.15, 0.2) is 46.8 Å². The van der Waals surface area contributed by atoms with E-state index < -0.39 is 21.8 Å². The molecule has 10 nitrogen and oxygen atoms in total. The van der Waals surface area contributed by atoms with E-state index in [1.54, 1.807) is 9.80 Å². The summed E-state index contributed by atoms with van der Waals surface area (Å²) in [5.74, 6) is -1.46. The normalized spacial score (nSPS) is 20.2. The minimum absolute atomic E-state index is 0.00865. The monoisotopic (exact) mass is 618 g/mol. The van der Waals surface area contributed by atoms with E-state index in [4.69, 9.17) is 11.6 Å². The predicted octanol–water partition coefficient (Wildman–Crippen LogP) is 5.08. The van der Waals surface area contributed by atoms with Gasteiger partial charge in [-0.05, 0) is 44.0 Å². The molecule has 216 valence electrons. The van der Waals surface area contributed by atoms with E-state index >= 15 is 0 Å². The Morgan fingerprint density at radius 3 is 2.66 bits per heavy atom. The zero-order valence-corrected chi connectivity index (χ0v) is 25.1. The maximum absolute atomic E-state index is 15.0. The summed E-state index contributed by atoms with van der Waals surface area (Å²) in [6.07, 6.45) is 1.25. The number of halogens is 2. The molecule has 2 aliphatic rings. The number of thiazole rings is 1. The van der Waals surface area contributed by atoms with Crippen LogP contribution in [-0.4, -0.2) is 70.2 Å². The van der Waals surface area contributed by atoms with Crippen LogP contribution in [0.2, 0.25) is 5.02 Å². The average Bonchev–Trinajstić information content (AvgIpc) is 3.38. The van der Waals surface area contributed by atoms with Gasteiger partial charge in [0.15, 0.2) is 11.7 Å². The number of hydrogen-bond donors (Lipinski definition) is 1. The number of phenols is 1. The number of hydrogen-bond acceptors (Lipinski definition) is 8. The molecule has 0 saturated carbocycles. The number of amides is 1. The van der Waals surface area contributed by atoms with Crippen LogP contribution >= 0.6 is 22.9 Å². The van der Waals surface area contributed by atoms with Crippen LogP contribution in [0.25, 0.3) is 11.3 Å². The van der Waals surface area contributed by atoms with Gasteiger partial charge in [-0.25, -0.2) is 14.4 Å². The van der Waals surface area contributed by atoms with Crippen molar-refractivity contribution in [1.29, 1.82) is 0 Å². The third kappa shape index (κ3) is 4.95. The van der Waals surface area contributed by atoms with Gasteiger partial charge in [-0.3, -0.25) is 4.79 Å². The summed E-state index contributed by atoms with van der Waals surface area (Å²) < 4.78 is 48.1. The Hall–Kier alpha value is -3.55. The SMILES string of the molecule is C=CC(=O)N1CC(C)N(C2=NS(=O)(=O)N(c3scnc3C(C)C)c3nc(-c4c(O)cccc4F)c(Cl)cc32)CC1C. The smallest absolute Gasteiger partial charge is 0.353 e. The number of piperazine rings is 1. The number of anilines is 2. The van der Waals surface area contributed by atoms with E-state index in [9.17, 15) is 22.7 Å². The minimum atomic E-state index is -4.43. The Morgan fingerprint density at radius 1 is 1.27 bits per heavy atom. The van der Waals surface area contributed by atoms with Gasteiger partial charge in [-0.2, -0.15) is 12.7 Å². The van der Waals surface area contributed by atoms with Gasteiger partial charge in [0.05, 0.1) is 33.0 Å². The highest BCUT2D eigenvalue weighted by Gasteiger charge is 2.42. The molecule has 0 bridgehead atoms. The Balaban J connectivity index is 1.75. The fourth-order valence-corrected chi connectivity index (χ4v) is 7.76. The first kappa shape index (κ1) is 29.0. The van der Waals surface area contributed by atoms with Crippen molar-refractivity contribution < 1.29 is 22.7 Å². The number of carbonyl (C=O) groups excluding carboxylic acids is 1. The Kier molecular flexibility index (Phi) is 7.55. The number of rotatable bonds is 4. The van der Waals surface area contributed by atoms with E-state index in [-0.39, 0.29) is 58.4 Å². The molecule has 2 atom stereocenters. The number of fused-ring (bicyclic) bond motifs is 1. The summed E-state index contributed by atoms with van der Waals surface area (Å²) in [6.45, 7) is 11.6. The molecule has 4 heterocycles. The molecule has 0 aliphatic carbocycles. The average molecular weight is 619 g/mol. The molecule has 0 radical (unpaired) electrons. The molecular weight excluding hydrogens is 591 g/mol. The van der Waals surface area contributed by atoms with Crippen LogP contribution in [0.5, 0.6) is 5.75 Å². The Labute approximate surface area is 246 Å². The minimum Gasteiger partial charge on any atom is -0.507 e. The Morgan fingerprint density at radius 2 is 2.00 bits per heavy atom. The fraction of sp³-hybridized carbons (Fsp3) is 0.333. The molecule has 1 aromatic carbocycles. The van der Waals surface area contributed by atoms with Crippen LogP contribution in [0.4, 0.5) is 15.2 Å². The second kappa shape index (κ2) is 10.7. The number of nitrogens with zero attached hydrogens (tertiary/aromatic N) is 6. The molecule has 3 aromatic rings. The van der Waals surface area contributed by atoms with E-state index in [2.05, 4.69) is 20.9 Å². The number of carbonyl (C=O) groups is 1. The van der Waals surface area contributed by atoms with Gasteiger partial charge in [0.25, 0.3) is 0 Å². The lowest BCUT2D eigenvalue weighted by Gasteiger charge is -2.46. The summed E-state index contributed by atoms with van der Waals surface area (Å²) in [5.41, 5.74) is 1.98. The standard InChI is InChI=1S/C27H28ClFN6O4S2/c1-6-21(37)33-11-16(5)34(12-15(33)4)26-17-10-18(28)24(22-19(29)8-7-9-20(22)36)31-25(17)35(41(38,39)32-26)27-23(14(2)3)30-13-40-27/h6-10,13-16,36H,1,11-12H2,2-5H3. The van der Waals surface area contributed by atoms with Crippen molar-refractivity contribution in [2.24, 2.45) is 4.40 Å². The van der Waals surface area contributed by atoms with Crippen molar-refractivity contribution in [2.45, 2.75) is 45.7 Å². The van der Waals surface area contributed by atoms with Crippen molar-refractivity contribution in [3.63, 3.8) is 0 Å². The first-order chi connectivity index (χ1) is 19.4. The highest BCUT2D eigenvalue weighted by molar-refractivity contribution is 7.92. The Bertz CT molecular complexity index is 1670. The van der Waals surface area contributed by atoms with E-state index in [0.29, 0.717) is 22.8 Å². The first-order valence-corrected chi connectivity index (χ1v) is 15.5. The predicted molar refractivity (Wildman–Crippen MR) is 158 cm³/mol. The highest BCUT2D eigenvalue weighted by Crippen LogP contribution is 2.45. The second-order valence-corrected chi connectivity index (χ2v) is 12.9. The van der Waals surface area contributed by atoms with Gasteiger partial charge in [0, 0.05) is 25.2 Å². The fourth-order valence-electron chi connectivity index (χ4n) is 5.08. The van der Waals surface area contributed by atoms with Crippen molar-refractivity contribution >= 4 is 55.7 Å². The van der Waals surface area contributed by atoms with Crippen molar-refractivity contribution in [1.82, 2.24) is 19.8 Å². The molecule has 1 saturated heterocycles. The lowest BCUT2D eigenvalue weighted by Crippen LogP contribution is -2.60. The summed E-state index contributed by atoms with van der Waals surface area (Å²) in [5, 5.41) is 10.8. The number of amidine groups is 1. The highest BCUT2D eigenvalue weighted by atomic mass is 35.5. The van der Waals surface area contributed by atoms with Crippen LogP contribution in [0, 0.1) is 5.82 Å². The lowest BCUT2D eigenvalue weighted by atomic mass is 10.0. The topological polar surface area (TPSA) is 119 Å². The van der Waals surface area contributed by atoms with Crippen molar-refractivity contribution in [2.75, 3.05) is 17.4 Å². The zero-order valence-electron chi connectivity index (χ0n) is 22.7. The van der Waals surface area contributed by atoms with Crippen LogP contribution in [0.1, 0.15) is 44.9 Å². The molecule has 41 heavy (non-hydrogen) atoms. The summed E-state index contributed by atoms with van der Waals surface area (Å²) >= 11 is 7.77. The molecule has 2 aromatic heterocycles. The van der Waals surface area contributed by atoms with Gasteiger partial charge in [0.2, 0.25) is 5.91 Å². The van der Waals surface area contributed by atoms with Crippen molar-refractivity contribution in [3.05, 3.63) is 64.5 Å². The molecule has 2 aliphatic heterocycles. The third-order valence-electron chi connectivity index (χ3n) is 7.07. The lowest BCUT2D eigenvalue weighted by molar-refractivity contribution is -0.130. The van der Waals surface area contributed by atoms with Crippen LogP contribution in [0.3, 0.4) is 0 Å². The molecule has 1 amide bonds. The number of aromatic nitrogens is 2. The van der Waals surface area contributed by atoms with Gasteiger partial charge >= 0.3 is 10.2 Å². The molecule has 1 fully saturated rings. The van der Waals surface area contributed by atoms with Gasteiger partial charge < -0.3 is 14.9 Å². The second-order valence-electron chi connectivity index (χ2n) is 10.2. The summed E-state index contributed by atoms with van der Waals surface area (Å²) in [7, 11) is -4.43. The molecule has 5 rings (SSSR count). The number of pyridine rings is 1. The quantitative estimate of drug-likeness (QED) is 0.405. The number of phenolic OH excluding ortho intramolecular Hbond substituents is 1. The maximum atomic E-state index is 15.0. The van der Waals surface area contributed by atoms with E-state index in [1.807, 2.05) is 27.7 Å². The van der Waals surface area contributed by atoms with Gasteiger partial charge in [0.1, 0.15) is 16.6 Å². The van der Waals surface area contributed by atoms with Crippen LogP contribution < -0.4 is 4.31 Å². The molecule has 14 heteroatoms. The largest absolute Gasteiger partial charge is 0.507 e. The van der Waals surface area contributed by atoms with Crippen LogP contribution in [-0.2, 0) is 15.0 Å². The maximum Gasteiger partial charge on any atom is 0.353 e. The molecular formula is C27H28ClFN6O4S2. The zero-order chi connectivity index (χ0) is 29.8. The molecule has 0 spiro atoms. The number of aromatic hydroxyl groups is 1. The van der Waals surface area contributed by atoms with Gasteiger partial charge in [-0.1, -0.05) is 38.1 Å². The summed E-state index contributed by atoms with van der Waals surface area (Å²) in [6, 6.07) is 4.67. The van der Waals surface area contributed by atoms with Gasteiger partial charge in [-0.15, -0.1) is 15.7 Å². The molecule has 2 unspecified atom stereocenters. The van der Waals surface area contributed by atoms with Crippen molar-refractivity contribution in [3.8, 4) is 17.0 Å².